The van der Waals surface area contributed by atoms with E-state index < -0.39 is 0 Å². The third kappa shape index (κ3) is 5.90. The Morgan fingerprint density at radius 1 is 0.905 bits per heavy atom. The first-order valence-electron chi connectivity index (χ1n) is 7.78. The monoisotopic (exact) mass is 286 g/mol. The summed E-state index contributed by atoms with van der Waals surface area (Å²) < 4.78 is 5.69. The Morgan fingerprint density at radius 2 is 1.57 bits per heavy atom. The minimum Gasteiger partial charge on any atom is -0.508 e. The molecule has 114 valence electrons. The summed E-state index contributed by atoms with van der Waals surface area (Å²) in [4.78, 5) is 0. The lowest BCUT2D eigenvalue weighted by Crippen LogP contribution is -2.01. The molecule has 2 heteroatoms. The highest BCUT2D eigenvalue weighted by Crippen LogP contribution is 2.17. The minimum atomic E-state index is 0.337. The Hall–Kier alpha value is -1.96. The molecule has 21 heavy (non-hydrogen) atoms. The number of ether oxygens (including phenoxy) is 1. The molecule has 0 unspecified atom stereocenters. The van der Waals surface area contributed by atoms with Crippen molar-refractivity contribution in [2.24, 2.45) is 0 Å². The molecule has 2 aromatic carbocycles. The van der Waals surface area contributed by atoms with Gasteiger partial charge in [0.25, 0.3) is 0 Å². The van der Waals surface area contributed by atoms with Crippen LogP contribution in [0.4, 0.5) is 0 Å². The van der Waals surface area contributed by atoms with E-state index in [1.165, 1.54) is 5.56 Å². The average Bonchev–Trinajstić information content (AvgIpc) is 2.53. The van der Waals surface area contributed by atoms with Crippen molar-refractivity contribution < 1.29 is 9.84 Å². The number of aromatic hydroxyl groups is 1. The highest BCUT2D eigenvalue weighted by atomic mass is 16.5. The van der Waals surface area contributed by atoms with Gasteiger partial charge in [0.15, 0.2) is 0 Å². The van der Waals surface area contributed by atoms with E-state index in [-0.39, 0.29) is 0 Å². The number of phenols is 1. The Bertz CT molecular complexity index is 503. The van der Waals surface area contributed by atoms with Crippen LogP contribution in [0, 0.1) is 0 Å². The molecular formula is C19H26O2. The van der Waals surface area contributed by atoms with Gasteiger partial charge >= 0.3 is 0 Å². The van der Waals surface area contributed by atoms with Gasteiger partial charge in [-0.3, -0.25) is 0 Å². The molecule has 0 atom stereocenters. The minimum absolute atomic E-state index is 0.337. The SMILES string of the molecule is CC.CCCc1ccc(OCCc2ccccc2O)cc1. The maximum atomic E-state index is 9.65. The molecule has 0 bridgehead atoms. The quantitative estimate of drug-likeness (QED) is 0.810. The molecule has 0 aliphatic rings. The van der Waals surface area contributed by atoms with Crippen LogP contribution < -0.4 is 4.74 Å². The number of phenolic OH excluding ortho intramolecular Hbond substituents is 1. The van der Waals surface area contributed by atoms with Gasteiger partial charge in [-0.15, -0.1) is 0 Å². The molecule has 1 N–H and O–H groups in total. The van der Waals surface area contributed by atoms with Crippen LogP contribution in [-0.2, 0) is 12.8 Å². The second-order valence-corrected chi connectivity index (χ2v) is 4.62. The summed E-state index contributed by atoms with van der Waals surface area (Å²) in [6, 6.07) is 15.6. The second-order valence-electron chi connectivity index (χ2n) is 4.62. The van der Waals surface area contributed by atoms with Crippen molar-refractivity contribution in [3.05, 3.63) is 59.7 Å². The van der Waals surface area contributed by atoms with Crippen molar-refractivity contribution >= 4 is 0 Å². The number of benzene rings is 2. The van der Waals surface area contributed by atoms with E-state index in [0.29, 0.717) is 18.8 Å². The van der Waals surface area contributed by atoms with E-state index in [2.05, 4.69) is 19.1 Å². The molecule has 0 aromatic heterocycles. The second kappa shape index (κ2) is 9.87. The molecule has 2 rings (SSSR count). The number of para-hydroxylation sites is 1. The zero-order valence-corrected chi connectivity index (χ0v) is 13.3. The summed E-state index contributed by atoms with van der Waals surface area (Å²) in [6.07, 6.45) is 2.98. The fourth-order valence-electron chi connectivity index (χ4n) is 2.04. The summed E-state index contributed by atoms with van der Waals surface area (Å²) in [5, 5.41) is 9.65. The average molecular weight is 286 g/mol. The van der Waals surface area contributed by atoms with E-state index in [1.54, 1.807) is 6.07 Å². The van der Waals surface area contributed by atoms with Gasteiger partial charge in [-0.05, 0) is 35.7 Å². The van der Waals surface area contributed by atoms with Crippen LogP contribution in [0.15, 0.2) is 48.5 Å². The fourth-order valence-corrected chi connectivity index (χ4v) is 2.04. The van der Waals surface area contributed by atoms with Gasteiger partial charge in [0.2, 0.25) is 0 Å². The van der Waals surface area contributed by atoms with Crippen molar-refractivity contribution in [1.82, 2.24) is 0 Å². The smallest absolute Gasteiger partial charge is 0.119 e. The molecule has 0 saturated heterocycles. The van der Waals surface area contributed by atoms with Crippen LogP contribution in [0.3, 0.4) is 0 Å². The molecule has 0 spiro atoms. The number of aryl methyl sites for hydroxylation is 1. The van der Waals surface area contributed by atoms with Gasteiger partial charge in [0.1, 0.15) is 11.5 Å². The molecule has 0 saturated carbocycles. The highest BCUT2D eigenvalue weighted by Gasteiger charge is 2.00. The molecule has 0 fully saturated rings. The summed E-state index contributed by atoms with van der Waals surface area (Å²) >= 11 is 0. The summed E-state index contributed by atoms with van der Waals surface area (Å²) in [5.41, 5.74) is 2.26. The first-order valence-corrected chi connectivity index (χ1v) is 7.78. The third-order valence-corrected chi connectivity index (χ3v) is 3.09. The van der Waals surface area contributed by atoms with Crippen molar-refractivity contribution in [3.63, 3.8) is 0 Å². The number of hydrogen-bond acceptors (Lipinski definition) is 2. The Morgan fingerprint density at radius 3 is 2.19 bits per heavy atom. The zero-order chi connectivity index (χ0) is 15.5. The zero-order valence-electron chi connectivity index (χ0n) is 13.3. The standard InChI is InChI=1S/C17H20O2.C2H6/c1-2-5-14-8-10-16(11-9-14)19-13-12-15-6-3-4-7-17(15)18;1-2/h3-4,6-11,18H,2,5,12-13H2,1H3;1-2H3. The summed E-state index contributed by atoms with van der Waals surface area (Å²) in [6.45, 7) is 6.75. The molecule has 0 radical (unpaired) electrons. The molecule has 0 amide bonds. The lowest BCUT2D eigenvalue weighted by Gasteiger charge is -2.08. The molecule has 2 nitrogen and oxygen atoms in total. The Labute approximate surface area is 128 Å². The predicted molar refractivity (Wildman–Crippen MR) is 89.1 cm³/mol. The van der Waals surface area contributed by atoms with Gasteiger partial charge in [-0.2, -0.15) is 0 Å². The third-order valence-electron chi connectivity index (χ3n) is 3.09. The fraction of sp³-hybridized carbons (Fsp3) is 0.368. The van der Waals surface area contributed by atoms with Crippen LogP contribution >= 0.6 is 0 Å². The van der Waals surface area contributed by atoms with Crippen molar-refractivity contribution in [3.8, 4) is 11.5 Å². The molecule has 0 aliphatic heterocycles. The first-order chi connectivity index (χ1) is 10.3. The van der Waals surface area contributed by atoms with Gasteiger partial charge in [0, 0.05) is 6.42 Å². The normalized spacial score (nSPS) is 9.67. The van der Waals surface area contributed by atoms with Gasteiger partial charge in [-0.1, -0.05) is 57.5 Å². The highest BCUT2D eigenvalue weighted by molar-refractivity contribution is 5.32. The Kier molecular flexibility index (Phi) is 8.03. The van der Waals surface area contributed by atoms with Crippen LogP contribution in [0.25, 0.3) is 0 Å². The molecule has 0 aliphatic carbocycles. The number of rotatable bonds is 6. The van der Waals surface area contributed by atoms with E-state index in [9.17, 15) is 5.11 Å². The van der Waals surface area contributed by atoms with Gasteiger partial charge in [0.05, 0.1) is 6.61 Å². The maximum Gasteiger partial charge on any atom is 0.119 e. The van der Waals surface area contributed by atoms with Crippen molar-refractivity contribution in [2.75, 3.05) is 6.61 Å². The number of hydrogen-bond donors (Lipinski definition) is 1. The molecule has 0 heterocycles. The van der Waals surface area contributed by atoms with Crippen molar-refractivity contribution in [1.29, 1.82) is 0 Å². The lowest BCUT2D eigenvalue weighted by atomic mass is 10.1. The predicted octanol–water partition coefficient (Wildman–Crippen LogP) is 4.99. The molecule has 2 aromatic rings. The topological polar surface area (TPSA) is 29.5 Å². The largest absolute Gasteiger partial charge is 0.508 e. The lowest BCUT2D eigenvalue weighted by molar-refractivity contribution is 0.319. The van der Waals surface area contributed by atoms with E-state index in [1.807, 2.05) is 44.2 Å². The van der Waals surface area contributed by atoms with Gasteiger partial charge < -0.3 is 9.84 Å². The molecular weight excluding hydrogens is 260 g/mol. The van der Waals surface area contributed by atoms with Crippen LogP contribution in [0.2, 0.25) is 0 Å². The maximum absolute atomic E-state index is 9.65. The van der Waals surface area contributed by atoms with E-state index >= 15 is 0 Å². The van der Waals surface area contributed by atoms with Crippen molar-refractivity contribution in [2.45, 2.75) is 40.0 Å². The van der Waals surface area contributed by atoms with Gasteiger partial charge in [-0.25, -0.2) is 0 Å². The Balaban J connectivity index is 0.00000106. The van der Waals surface area contributed by atoms with Crippen LogP contribution in [0.5, 0.6) is 11.5 Å². The van der Waals surface area contributed by atoms with E-state index in [4.69, 9.17) is 4.74 Å². The van der Waals surface area contributed by atoms with Crippen LogP contribution in [-0.4, -0.2) is 11.7 Å². The summed E-state index contributed by atoms with van der Waals surface area (Å²) in [5.74, 6) is 1.22. The first kappa shape index (κ1) is 17.1. The van der Waals surface area contributed by atoms with Crippen LogP contribution in [0.1, 0.15) is 38.3 Å². The summed E-state index contributed by atoms with van der Waals surface area (Å²) in [7, 11) is 0. The van der Waals surface area contributed by atoms with E-state index in [0.717, 1.165) is 24.2 Å².